The molecule has 3 rings (SSSR count). The van der Waals surface area contributed by atoms with E-state index in [1.807, 2.05) is 43.3 Å². The molecule has 0 bridgehead atoms. The minimum atomic E-state index is -0.329. The van der Waals surface area contributed by atoms with Gasteiger partial charge >= 0.3 is 0 Å². The van der Waals surface area contributed by atoms with Crippen LogP contribution in [0, 0.1) is 0 Å². The lowest BCUT2D eigenvalue weighted by Gasteiger charge is -2.25. The standard InChI is InChI=1S/C17H16N2O3/c1-11(8-9-15(21)18-10-20)19-14-7-3-5-12-4-2-6-13(16(12)14)17(19)22/h2-7,10-11H,8-9H2,1H3,(H,18,20,21). The van der Waals surface area contributed by atoms with Gasteiger partial charge in [0.15, 0.2) is 0 Å². The van der Waals surface area contributed by atoms with Crippen LogP contribution in [0.1, 0.15) is 30.1 Å². The van der Waals surface area contributed by atoms with E-state index in [0.717, 1.165) is 16.5 Å². The number of nitrogens with zero attached hydrogens (tertiary/aromatic N) is 1. The molecule has 1 atom stereocenters. The summed E-state index contributed by atoms with van der Waals surface area (Å²) in [5.41, 5.74) is 1.60. The summed E-state index contributed by atoms with van der Waals surface area (Å²) in [6, 6.07) is 11.4. The highest BCUT2D eigenvalue weighted by Crippen LogP contribution is 2.38. The summed E-state index contributed by atoms with van der Waals surface area (Å²) >= 11 is 0. The van der Waals surface area contributed by atoms with Crippen molar-refractivity contribution >= 4 is 34.7 Å². The Balaban J connectivity index is 1.87. The molecule has 0 aliphatic carbocycles. The predicted molar refractivity (Wildman–Crippen MR) is 83.7 cm³/mol. The van der Waals surface area contributed by atoms with E-state index in [9.17, 15) is 14.4 Å². The van der Waals surface area contributed by atoms with E-state index in [4.69, 9.17) is 0 Å². The van der Waals surface area contributed by atoms with Gasteiger partial charge in [-0.2, -0.15) is 0 Å². The first-order valence-corrected chi connectivity index (χ1v) is 7.22. The fourth-order valence-electron chi connectivity index (χ4n) is 2.98. The lowest BCUT2D eigenvalue weighted by atomic mass is 10.1. The van der Waals surface area contributed by atoms with Gasteiger partial charge in [0.2, 0.25) is 12.3 Å². The van der Waals surface area contributed by atoms with Crippen LogP contribution in [0.15, 0.2) is 36.4 Å². The first-order valence-electron chi connectivity index (χ1n) is 7.22. The second kappa shape index (κ2) is 5.60. The molecule has 1 heterocycles. The lowest BCUT2D eigenvalue weighted by molar-refractivity contribution is -0.125. The maximum absolute atomic E-state index is 12.7. The number of hydrogen-bond acceptors (Lipinski definition) is 3. The summed E-state index contributed by atoms with van der Waals surface area (Å²) in [6.45, 7) is 1.91. The normalized spacial score (nSPS) is 14.2. The molecule has 3 amide bonds. The highest BCUT2D eigenvalue weighted by atomic mass is 16.2. The Morgan fingerprint density at radius 2 is 2.00 bits per heavy atom. The van der Waals surface area contributed by atoms with Gasteiger partial charge < -0.3 is 4.90 Å². The molecule has 22 heavy (non-hydrogen) atoms. The highest BCUT2D eigenvalue weighted by Gasteiger charge is 2.32. The molecule has 1 aliphatic rings. The molecule has 5 heteroatoms. The quantitative estimate of drug-likeness (QED) is 0.860. The van der Waals surface area contributed by atoms with E-state index in [1.54, 1.807) is 4.90 Å². The zero-order chi connectivity index (χ0) is 15.7. The fourth-order valence-corrected chi connectivity index (χ4v) is 2.98. The lowest BCUT2D eigenvalue weighted by Crippen LogP contribution is -2.36. The summed E-state index contributed by atoms with van der Waals surface area (Å²) in [6.07, 6.45) is 1.08. The van der Waals surface area contributed by atoms with Gasteiger partial charge in [-0.1, -0.05) is 24.3 Å². The number of hydrogen-bond donors (Lipinski definition) is 1. The van der Waals surface area contributed by atoms with Gasteiger partial charge in [-0.25, -0.2) is 0 Å². The van der Waals surface area contributed by atoms with Crippen LogP contribution in [-0.2, 0) is 9.59 Å². The van der Waals surface area contributed by atoms with Gasteiger partial charge in [0.25, 0.3) is 5.91 Å². The third-order valence-electron chi connectivity index (χ3n) is 4.04. The summed E-state index contributed by atoms with van der Waals surface area (Å²) in [4.78, 5) is 36.1. The number of nitrogens with one attached hydrogen (secondary N) is 1. The molecular weight excluding hydrogens is 280 g/mol. The monoisotopic (exact) mass is 296 g/mol. The number of rotatable bonds is 5. The molecule has 0 saturated carbocycles. The first kappa shape index (κ1) is 14.3. The smallest absolute Gasteiger partial charge is 0.259 e. The van der Waals surface area contributed by atoms with Gasteiger partial charge in [0, 0.05) is 23.4 Å². The molecule has 0 aromatic heterocycles. The maximum atomic E-state index is 12.7. The second-order valence-electron chi connectivity index (χ2n) is 5.43. The number of imide groups is 1. The third-order valence-corrected chi connectivity index (χ3v) is 4.04. The first-order chi connectivity index (χ1) is 10.6. The Hall–Kier alpha value is -2.69. The average Bonchev–Trinajstić information content (AvgIpc) is 2.81. The molecule has 0 fully saturated rings. The molecule has 112 valence electrons. The van der Waals surface area contributed by atoms with E-state index in [1.165, 1.54) is 0 Å². The zero-order valence-electron chi connectivity index (χ0n) is 12.2. The number of benzene rings is 2. The number of carbonyl (C=O) groups excluding carboxylic acids is 3. The van der Waals surface area contributed by atoms with E-state index in [2.05, 4.69) is 5.32 Å². The third kappa shape index (κ3) is 2.24. The van der Waals surface area contributed by atoms with Crippen LogP contribution in [0.3, 0.4) is 0 Å². The van der Waals surface area contributed by atoms with Crippen LogP contribution in [-0.4, -0.2) is 24.3 Å². The molecule has 0 saturated heterocycles. The second-order valence-corrected chi connectivity index (χ2v) is 5.43. The Bertz CT molecular complexity index is 764. The van der Waals surface area contributed by atoms with Crippen molar-refractivity contribution < 1.29 is 14.4 Å². The van der Waals surface area contributed by atoms with E-state index >= 15 is 0 Å². The summed E-state index contributed by atoms with van der Waals surface area (Å²) in [5, 5.41) is 4.13. The van der Waals surface area contributed by atoms with Crippen molar-refractivity contribution in [1.82, 2.24) is 5.32 Å². The maximum Gasteiger partial charge on any atom is 0.259 e. The molecule has 0 spiro atoms. The van der Waals surface area contributed by atoms with Crippen molar-refractivity contribution in [2.45, 2.75) is 25.8 Å². The van der Waals surface area contributed by atoms with Crippen molar-refractivity contribution in [2.24, 2.45) is 0 Å². The Labute approximate surface area is 127 Å². The topological polar surface area (TPSA) is 66.5 Å². The molecule has 1 unspecified atom stereocenters. The molecule has 1 N–H and O–H groups in total. The van der Waals surface area contributed by atoms with Gasteiger partial charge in [-0.3, -0.25) is 19.7 Å². The van der Waals surface area contributed by atoms with E-state index < -0.39 is 0 Å². The highest BCUT2D eigenvalue weighted by molar-refractivity contribution is 6.25. The van der Waals surface area contributed by atoms with Gasteiger partial charge in [0.1, 0.15) is 0 Å². The summed E-state index contributed by atoms with van der Waals surface area (Å²) in [7, 11) is 0. The summed E-state index contributed by atoms with van der Waals surface area (Å²) < 4.78 is 0. The Kier molecular flexibility index (Phi) is 3.63. The van der Waals surface area contributed by atoms with E-state index in [-0.39, 0.29) is 24.3 Å². The minimum Gasteiger partial charge on any atom is -0.305 e. The average molecular weight is 296 g/mol. The van der Waals surface area contributed by atoms with Crippen LogP contribution >= 0.6 is 0 Å². The zero-order valence-corrected chi connectivity index (χ0v) is 12.2. The Morgan fingerprint density at radius 1 is 1.27 bits per heavy atom. The van der Waals surface area contributed by atoms with Crippen LogP contribution in [0.25, 0.3) is 10.8 Å². The molecular formula is C17H16N2O3. The molecule has 2 aromatic carbocycles. The SMILES string of the molecule is CC(CCC(=O)NC=O)N1C(=O)c2cccc3cccc1c23. The number of amides is 3. The van der Waals surface area contributed by atoms with Crippen molar-refractivity contribution in [3.05, 3.63) is 42.0 Å². The van der Waals surface area contributed by atoms with Gasteiger partial charge in [-0.05, 0) is 30.9 Å². The molecule has 1 aliphatic heterocycles. The van der Waals surface area contributed by atoms with Crippen molar-refractivity contribution in [1.29, 1.82) is 0 Å². The molecule has 2 aromatic rings. The van der Waals surface area contributed by atoms with Crippen LogP contribution < -0.4 is 10.2 Å². The summed E-state index contributed by atoms with van der Waals surface area (Å²) in [5.74, 6) is -0.362. The van der Waals surface area contributed by atoms with Crippen molar-refractivity contribution in [2.75, 3.05) is 4.90 Å². The molecule has 5 nitrogen and oxygen atoms in total. The van der Waals surface area contributed by atoms with Crippen LogP contribution in [0.4, 0.5) is 5.69 Å². The van der Waals surface area contributed by atoms with Gasteiger partial charge in [-0.15, -0.1) is 0 Å². The van der Waals surface area contributed by atoms with Crippen LogP contribution in [0.2, 0.25) is 0 Å². The minimum absolute atomic E-state index is 0.0323. The van der Waals surface area contributed by atoms with Crippen molar-refractivity contribution in [3.8, 4) is 0 Å². The molecule has 0 radical (unpaired) electrons. The number of anilines is 1. The van der Waals surface area contributed by atoms with Crippen molar-refractivity contribution in [3.63, 3.8) is 0 Å². The Morgan fingerprint density at radius 3 is 2.73 bits per heavy atom. The fraction of sp³-hybridized carbons (Fsp3) is 0.235. The predicted octanol–water partition coefficient (Wildman–Crippen LogP) is 2.24. The van der Waals surface area contributed by atoms with E-state index in [0.29, 0.717) is 18.4 Å². The van der Waals surface area contributed by atoms with Gasteiger partial charge in [0.05, 0.1) is 5.69 Å². The van der Waals surface area contributed by atoms with Crippen LogP contribution in [0.5, 0.6) is 0 Å². The largest absolute Gasteiger partial charge is 0.305 e. The number of carbonyl (C=O) groups is 3.